The van der Waals surface area contributed by atoms with E-state index >= 15 is 0 Å². The van der Waals surface area contributed by atoms with Crippen molar-refractivity contribution < 1.29 is 18.7 Å². The van der Waals surface area contributed by atoms with E-state index in [-0.39, 0.29) is 24.1 Å². The first-order chi connectivity index (χ1) is 11.4. The summed E-state index contributed by atoms with van der Waals surface area (Å²) in [6.07, 6.45) is -0.388. The molecule has 1 N–H and O–H groups in total. The molecule has 0 bridgehead atoms. The molecule has 1 heterocycles. The molecule has 24 heavy (non-hydrogen) atoms. The monoisotopic (exact) mass is 328 g/mol. The largest absolute Gasteiger partial charge is 0.479 e. The van der Waals surface area contributed by atoms with E-state index in [2.05, 4.69) is 5.32 Å². The fraction of sp³-hybridized carbons (Fsp3) is 0.222. The highest BCUT2D eigenvalue weighted by molar-refractivity contribution is 6.00. The van der Waals surface area contributed by atoms with Gasteiger partial charge in [-0.3, -0.25) is 9.59 Å². The van der Waals surface area contributed by atoms with Gasteiger partial charge in [-0.15, -0.1) is 0 Å². The number of amides is 2. The molecule has 1 aliphatic rings. The molecular weight excluding hydrogens is 311 g/mol. The van der Waals surface area contributed by atoms with Gasteiger partial charge in [-0.25, -0.2) is 4.39 Å². The Hall–Kier alpha value is -2.89. The summed E-state index contributed by atoms with van der Waals surface area (Å²) >= 11 is 0. The summed E-state index contributed by atoms with van der Waals surface area (Å²) in [5.74, 6) is -0.102. The highest BCUT2D eigenvalue weighted by Gasteiger charge is 2.29. The first-order valence-corrected chi connectivity index (χ1v) is 7.56. The van der Waals surface area contributed by atoms with Crippen molar-refractivity contribution in [3.8, 4) is 5.75 Å². The Morgan fingerprint density at radius 1 is 1.25 bits per heavy atom. The Balaban J connectivity index is 1.73. The number of carbonyl (C=O) groups is 2. The molecule has 1 aliphatic heterocycles. The number of nitrogens with zero attached hydrogens (tertiary/aromatic N) is 1. The van der Waals surface area contributed by atoms with E-state index in [0.29, 0.717) is 17.1 Å². The van der Waals surface area contributed by atoms with E-state index < -0.39 is 6.10 Å². The summed E-state index contributed by atoms with van der Waals surface area (Å²) < 4.78 is 18.4. The Kier molecular flexibility index (Phi) is 4.20. The number of rotatable bonds is 3. The smallest absolute Gasteiger partial charge is 0.267 e. The lowest BCUT2D eigenvalue weighted by Gasteiger charge is -2.30. The molecule has 1 unspecified atom stereocenters. The van der Waals surface area contributed by atoms with Gasteiger partial charge in [0.15, 0.2) is 6.10 Å². The van der Waals surface area contributed by atoms with Crippen molar-refractivity contribution in [2.75, 3.05) is 17.3 Å². The number of hydrogen-bond donors (Lipinski definition) is 1. The van der Waals surface area contributed by atoms with Crippen LogP contribution in [0.4, 0.5) is 15.8 Å². The van der Waals surface area contributed by atoms with Crippen LogP contribution < -0.4 is 15.0 Å². The third-order valence-corrected chi connectivity index (χ3v) is 3.86. The summed E-state index contributed by atoms with van der Waals surface area (Å²) in [5, 5.41) is 2.78. The van der Waals surface area contributed by atoms with Crippen molar-refractivity contribution in [3.05, 3.63) is 53.8 Å². The third-order valence-electron chi connectivity index (χ3n) is 3.86. The topological polar surface area (TPSA) is 58.6 Å². The van der Waals surface area contributed by atoms with Crippen molar-refractivity contribution in [2.24, 2.45) is 0 Å². The van der Waals surface area contributed by atoms with Gasteiger partial charge in [0.2, 0.25) is 5.91 Å². The summed E-state index contributed by atoms with van der Waals surface area (Å²) in [6, 6.07) is 10.9. The molecule has 0 saturated carbocycles. The molecule has 0 fully saturated rings. The number of halogens is 1. The van der Waals surface area contributed by atoms with Crippen molar-refractivity contribution in [1.82, 2.24) is 0 Å². The second-order valence-electron chi connectivity index (χ2n) is 5.69. The predicted molar refractivity (Wildman–Crippen MR) is 88.7 cm³/mol. The number of ether oxygens (including phenoxy) is 1. The van der Waals surface area contributed by atoms with E-state index in [1.165, 1.54) is 17.0 Å². The maximum absolute atomic E-state index is 12.9. The van der Waals surface area contributed by atoms with Gasteiger partial charge >= 0.3 is 0 Å². The number of benzene rings is 2. The standard InChI is InChI=1S/C18H17FN2O3/c1-11-18(23)21(2)15-10-14(7-8-16(15)24-11)20-17(22)9-12-3-5-13(19)6-4-12/h3-8,10-11H,9H2,1-2H3,(H,20,22). The first kappa shape index (κ1) is 16.0. The van der Waals surface area contributed by atoms with Crippen LogP contribution >= 0.6 is 0 Å². The molecule has 0 saturated heterocycles. The number of nitrogens with one attached hydrogen (secondary N) is 1. The summed E-state index contributed by atoms with van der Waals surface area (Å²) in [7, 11) is 1.67. The maximum atomic E-state index is 12.9. The van der Waals surface area contributed by atoms with Crippen LogP contribution in [0.1, 0.15) is 12.5 Å². The van der Waals surface area contributed by atoms with Crippen LogP contribution in [-0.4, -0.2) is 25.0 Å². The molecule has 0 radical (unpaired) electrons. The highest BCUT2D eigenvalue weighted by atomic mass is 19.1. The van der Waals surface area contributed by atoms with Gasteiger partial charge in [0.25, 0.3) is 5.91 Å². The van der Waals surface area contributed by atoms with E-state index in [1.807, 2.05) is 0 Å². The Morgan fingerprint density at radius 3 is 2.67 bits per heavy atom. The molecule has 0 aliphatic carbocycles. The minimum absolute atomic E-state index is 0.139. The number of carbonyl (C=O) groups excluding carboxylic acids is 2. The number of anilines is 2. The Bertz CT molecular complexity index is 789. The van der Waals surface area contributed by atoms with Gasteiger partial charge in [0.05, 0.1) is 12.1 Å². The van der Waals surface area contributed by atoms with Crippen molar-refractivity contribution in [1.29, 1.82) is 0 Å². The fourth-order valence-electron chi connectivity index (χ4n) is 2.58. The minimum atomic E-state index is -0.526. The lowest BCUT2D eigenvalue weighted by molar-refractivity contribution is -0.125. The van der Waals surface area contributed by atoms with Crippen molar-refractivity contribution >= 4 is 23.2 Å². The zero-order valence-corrected chi connectivity index (χ0v) is 13.4. The summed E-state index contributed by atoms with van der Waals surface area (Å²) in [4.78, 5) is 25.6. The second kappa shape index (κ2) is 6.31. The van der Waals surface area contributed by atoms with Crippen LogP contribution in [-0.2, 0) is 16.0 Å². The number of fused-ring (bicyclic) bond motifs is 1. The molecule has 0 spiro atoms. The van der Waals surface area contributed by atoms with Crippen LogP contribution in [0.25, 0.3) is 0 Å². The molecule has 5 nitrogen and oxygen atoms in total. The Labute approximate surface area is 139 Å². The van der Waals surface area contributed by atoms with E-state index in [1.54, 1.807) is 44.3 Å². The molecule has 0 aromatic heterocycles. The van der Waals surface area contributed by atoms with Gasteiger partial charge in [-0.2, -0.15) is 0 Å². The van der Waals surface area contributed by atoms with Crippen LogP contribution in [0.3, 0.4) is 0 Å². The van der Waals surface area contributed by atoms with Crippen molar-refractivity contribution in [2.45, 2.75) is 19.4 Å². The normalized spacial score (nSPS) is 16.4. The van der Waals surface area contributed by atoms with Crippen LogP contribution in [0.5, 0.6) is 5.75 Å². The molecule has 2 aromatic rings. The average Bonchev–Trinajstić information content (AvgIpc) is 2.55. The predicted octanol–water partition coefficient (Wildman–Crippen LogP) is 2.75. The summed E-state index contributed by atoms with van der Waals surface area (Å²) in [6.45, 7) is 1.69. The molecule has 2 amide bonds. The molecule has 124 valence electrons. The SMILES string of the molecule is CC1Oc2ccc(NC(=O)Cc3ccc(F)cc3)cc2N(C)C1=O. The maximum Gasteiger partial charge on any atom is 0.267 e. The van der Waals surface area contributed by atoms with Gasteiger partial charge in [-0.1, -0.05) is 12.1 Å². The molecule has 3 rings (SSSR count). The van der Waals surface area contributed by atoms with Gasteiger partial charge in [0, 0.05) is 12.7 Å². The second-order valence-corrected chi connectivity index (χ2v) is 5.69. The first-order valence-electron chi connectivity index (χ1n) is 7.56. The molecule has 2 aromatic carbocycles. The molecule has 6 heteroatoms. The summed E-state index contributed by atoms with van der Waals surface area (Å²) in [5.41, 5.74) is 1.90. The van der Waals surface area contributed by atoms with Crippen LogP contribution in [0, 0.1) is 5.82 Å². The van der Waals surface area contributed by atoms with Gasteiger partial charge in [0.1, 0.15) is 11.6 Å². The van der Waals surface area contributed by atoms with Crippen molar-refractivity contribution in [3.63, 3.8) is 0 Å². The molecule has 1 atom stereocenters. The lowest BCUT2D eigenvalue weighted by atomic mass is 10.1. The van der Waals surface area contributed by atoms with E-state index in [4.69, 9.17) is 4.74 Å². The van der Waals surface area contributed by atoms with Crippen LogP contribution in [0.15, 0.2) is 42.5 Å². The highest BCUT2D eigenvalue weighted by Crippen LogP contribution is 2.35. The van der Waals surface area contributed by atoms with Crippen LogP contribution in [0.2, 0.25) is 0 Å². The fourth-order valence-corrected chi connectivity index (χ4v) is 2.58. The number of hydrogen-bond acceptors (Lipinski definition) is 3. The zero-order chi connectivity index (χ0) is 17.3. The van der Waals surface area contributed by atoms with E-state index in [0.717, 1.165) is 5.56 Å². The Morgan fingerprint density at radius 2 is 1.96 bits per heavy atom. The lowest BCUT2D eigenvalue weighted by Crippen LogP contribution is -2.42. The molecular formula is C18H17FN2O3. The minimum Gasteiger partial charge on any atom is -0.479 e. The zero-order valence-electron chi connectivity index (χ0n) is 13.4. The van der Waals surface area contributed by atoms with E-state index in [9.17, 15) is 14.0 Å². The average molecular weight is 328 g/mol. The third kappa shape index (κ3) is 3.22. The van der Waals surface area contributed by atoms with Gasteiger partial charge < -0.3 is 15.0 Å². The number of likely N-dealkylation sites (N-methyl/N-ethyl adjacent to an activating group) is 1. The quantitative estimate of drug-likeness (QED) is 0.942. The van der Waals surface area contributed by atoms with Gasteiger partial charge in [-0.05, 0) is 42.8 Å².